The fraction of sp³-hybridized carbons (Fsp3) is 0.0667. The Balaban J connectivity index is 1.76. The molecular formula is C15H12N4O3. The maximum atomic E-state index is 10.6. The Morgan fingerprint density at radius 1 is 1.09 bits per heavy atom. The fourth-order valence-corrected chi connectivity index (χ4v) is 1.95. The summed E-state index contributed by atoms with van der Waals surface area (Å²) in [6.45, 7) is 0.531. The monoisotopic (exact) mass is 296 g/mol. The maximum absolute atomic E-state index is 10.6. The van der Waals surface area contributed by atoms with E-state index in [-0.39, 0.29) is 5.69 Å². The average molecular weight is 296 g/mol. The highest BCUT2D eigenvalue weighted by molar-refractivity contribution is 5.37. The first-order valence-corrected chi connectivity index (χ1v) is 6.57. The molecule has 0 aliphatic heterocycles. The van der Waals surface area contributed by atoms with Crippen LogP contribution in [0.1, 0.15) is 5.56 Å². The predicted octanol–water partition coefficient (Wildman–Crippen LogP) is 3.03. The van der Waals surface area contributed by atoms with Crippen LogP contribution in [0, 0.1) is 10.1 Å². The van der Waals surface area contributed by atoms with Crippen molar-refractivity contribution in [3.05, 3.63) is 76.5 Å². The Labute approximate surface area is 125 Å². The molecule has 0 spiro atoms. The smallest absolute Gasteiger partial charge is 0.269 e. The van der Waals surface area contributed by atoms with Gasteiger partial charge in [0, 0.05) is 12.1 Å². The number of rotatable bonds is 5. The summed E-state index contributed by atoms with van der Waals surface area (Å²) >= 11 is 0. The van der Waals surface area contributed by atoms with E-state index >= 15 is 0 Å². The van der Waals surface area contributed by atoms with Gasteiger partial charge in [0.1, 0.15) is 11.9 Å². The van der Waals surface area contributed by atoms with Crippen LogP contribution in [0.3, 0.4) is 0 Å². The van der Waals surface area contributed by atoms with E-state index in [9.17, 15) is 10.1 Å². The Kier molecular flexibility index (Phi) is 3.78. The van der Waals surface area contributed by atoms with Gasteiger partial charge in [0.2, 0.25) is 5.88 Å². The van der Waals surface area contributed by atoms with Crippen molar-refractivity contribution < 1.29 is 9.66 Å². The molecule has 0 N–H and O–H groups in total. The molecule has 0 saturated heterocycles. The summed E-state index contributed by atoms with van der Waals surface area (Å²) in [6.07, 6.45) is 1.50. The third-order valence-electron chi connectivity index (χ3n) is 3.03. The van der Waals surface area contributed by atoms with Crippen LogP contribution in [0.15, 0.2) is 60.8 Å². The summed E-state index contributed by atoms with van der Waals surface area (Å²) in [5.74, 6) is 0.958. The first kappa shape index (κ1) is 13.7. The fourth-order valence-electron chi connectivity index (χ4n) is 1.95. The highest BCUT2D eigenvalue weighted by Crippen LogP contribution is 2.23. The highest BCUT2D eigenvalue weighted by Gasteiger charge is 2.09. The molecule has 110 valence electrons. The molecule has 0 saturated carbocycles. The number of hydrogen-bond acceptors (Lipinski definition) is 5. The molecule has 22 heavy (non-hydrogen) atoms. The van der Waals surface area contributed by atoms with Gasteiger partial charge in [-0.3, -0.25) is 10.1 Å². The minimum Gasteiger partial charge on any atom is -0.438 e. The number of nitro groups is 1. The van der Waals surface area contributed by atoms with Gasteiger partial charge < -0.3 is 4.74 Å². The van der Waals surface area contributed by atoms with Crippen LogP contribution in [0.25, 0.3) is 0 Å². The molecule has 0 unspecified atom stereocenters. The number of aromatic nitrogens is 3. The molecule has 3 aromatic rings. The SMILES string of the molecule is O=[N+]([O-])c1ccc(Oc2cnnn2Cc2ccccc2)cc1. The number of ether oxygens (including phenoxy) is 1. The molecule has 2 aromatic carbocycles. The van der Waals surface area contributed by atoms with E-state index in [1.165, 1.54) is 30.5 Å². The van der Waals surface area contributed by atoms with Crippen LogP contribution in [-0.4, -0.2) is 19.9 Å². The molecule has 1 aromatic heterocycles. The zero-order valence-corrected chi connectivity index (χ0v) is 11.5. The second-order valence-electron chi connectivity index (χ2n) is 4.57. The molecular weight excluding hydrogens is 284 g/mol. The molecule has 7 nitrogen and oxygen atoms in total. The largest absolute Gasteiger partial charge is 0.438 e. The predicted molar refractivity (Wildman–Crippen MR) is 78.7 cm³/mol. The van der Waals surface area contributed by atoms with Gasteiger partial charge in [-0.25, -0.2) is 4.68 Å². The molecule has 0 aliphatic rings. The van der Waals surface area contributed by atoms with Crippen LogP contribution in [-0.2, 0) is 6.54 Å². The second kappa shape index (κ2) is 6.04. The zero-order chi connectivity index (χ0) is 15.4. The normalized spacial score (nSPS) is 10.4. The molecule has 0 amide bonds. The topological polar surface area (TPSA) is 83.1 Å². The van der Waals surface area contributed by atoms with Crippen LogP contribution in [0.5, 0.6) is 11.6 Å². The molecule has 0 radical (unpaired) electrons. The Bertz CT molecular complexity index is 769. The molecule has 0 bridgehead atoms. The minimum atomic E-state index is -0.453. The lowest BCUT2D eigenvalue weighted by Gasteiger charge is -2.07. The summed E-state index contributed by atoms with van der Waals surface area (Å²) in [5, 5.41) is 18.5. The summed E-state index contributed by atoms with van der Waals surface area (Å²) in [7, 11) is 0. The van der Waals surface area contributed by atoms with Crippen LogP contribution >= 0.6 is 0 Å². The quantitative estimate of drug-likeness (QED) is 0.534. The van der Waals surface area contributed by atoms with Gasteiger partial charge in [0.25, 0.3) is 5.69 Å². The Morgan fingerprint density at radius 2 is 1.82 bits per heavy atom. The van der Waals surface area contributed by atoms with Crippen molar-refractivity contribution in [3.8, 4) is 11.6 Å². The zero-order valence-electron chi connectivity index (χ0n) is 11.5. The summed E-state index contributed by atoms with van der Waals surface area (Å²) in [4.78, 5) is 10.2. The van der Waals surface area contributed by atoms with Gasteiger partial charge in [-0.05, 0) is 17.7 Å². The number of nitro benzene ring substituents is 1. The Hall–Kier alpha value is -3.22. The van der Waals surface area contributed by atoms with Crippen molar-refractivity contribution in [1.82, 2.24) is 15.0 Å². The summed E-state index contributed by atoms with van der Waals surface area (Å²) in [6, 6.07) is 15.7. The van der Waals surface area contributed by atoms with E-state index < -0.39 is 4.92 Å². The van der Waals surface area contributed by atoms with Gasteiger partial charge in [-0.15, -0.1) is 5.10 Å². The van der Waals surface area contributed by atoms with Crippen molar-refractivity contribution >= 4 is 5.69 Å². The molecule has 1 heterocycles. The second-order valence-corrected chi connectivity index (χ2v) is 4.57. The highest BCUT2D eigenvalue weighted by atomic mass is 16.6. The van der Waals surface area contributed by atoms with Crippen LogP contribution in [0.4, 0.5) is 5.69 Å². The van der Waals surface area contributed by atoms with E-state index in [4.69, 9.17) is 4.74 Å². The van der Waals surface area contributed by atoms with Gasteiger partial charge in [0.15, 0.2) is 0 Å². The van der Waals surface area contributed by atoms with E-state index in [1.54, 1.807) is 4.68 Å². The number of hydrogen-bond donors (Lipinski definition) is 0. The van der Waals surface area contributed by atoms with Crippen molar-refractivity contribution in [1.29, 1.82) is 0 Å². The number of nitrogens with zero attached hydrogens (tertiary/aromatic N) is 4. The van der Waals surface area contributed by atoms with Crippen molar-refractivity contribution in [2.45, 2.75) is 6.54 Å². The van der Waals surface area contributed by atoms with E-state index in [0.717, 1.165) is 5.56 Å². The van der Waals surface area contributed by atoms with Gasteiger partial charge in [-0.2, -0.15) is 0 Å². The van der Waals surface area contributed by atoms with Crippen LogP contribution in [0.2, 0.25) is 0 Å². The van der Waals surface area contributed by atoms with Crippen molar-refractivity contribution in [3.63, 3.8) is 0 Å². The molecule has 3 rings (SSSR count). The van der Waals surface area contributed by atoms with Gasteiger partial charge in [0.05, 0.1) is 11.5 Å². The van der Waals surface area contributed by atoms with Gasteiger partial charge >= 0.3 is 0 Å². The molecule has 7 heteroatoms. The lowest BCUT2D eigenvalue weighted by Crippen LogP contribution is -2.04. The third-order valence-corrected chi connectivity index (χ3v) is 3.03. The lowest BCUT2D eigenvalue weighted by atomic mass is 10.2. The van der Waals surface area contributed by atoms with Crippen molar-refractivity contribution in [2.24, 2.45) is 0 Å². The standard InChI is InChI=1S/C15H12N4O3/c20-19(21)13-6-8-14(9-7-13)22-15-10-16-17-18(15)11-12-4-2-1-3-5-12/h1-10H,11H2. The van der Waals surface area contributed by atoms with Crippen molar-refractivity contribution in [2.75, 3.05) is 0 Å². The molecule has 0 fully saturated rings. The summed E-state index contributed by atoms with van der Waals surface area (Å²) in [5.41, 5.74) is 1.09. The maximum Gasteiger partial charge on any atom is 0.269 e. The van der Waals surface area contributed by atoms with E-state index in [1.807, 2.05) is 30.3 Å². The summed E-state index contributed by atoms with van der Waals surface area (Å²) < 4.78 is 7.29. The average Bonchev–Trinajstić information content (AvgIpc) is 2.96. The third kappa shape index (κ3) is 3.09. The Morgan fingerprint density at radius 3 is 2.50 bits per heavy atom. The number of benzene rings is 2. The first-order chi connectivity index (χ1) is 10.7. The minimum absolute atomic E-state index is 0.0169. The molecule has 0 atom stereocenters. The lowest BCUT2D eigenvalue weighted by molar-refractivity contribution is -0.384. The number of non-ortho nitro benzene ring substituents is 1. The van der Waals surface area contributed by atoms with E-state index in [0.29, 0.717) is 18.2 Å². The van der Waals surface area contributed by atoms with E-state index in [2.05, 4.69) is 10.3 Å². The molecule has 0 aliphatic carbocycles. The first-order valence-electron chi connectivity index (χ1n) is 6.57. The van der Waals surface area contributed by atoms with Gasteiger partial charge in [-0.1, -0.05) is 35.5 Å². The van der Waals surface area contributed by atoms with Crippen LogP contribution < -0.4 is 4.74 Å².